The van der Waals surface area contributed by atoms with E-state index in [0.29, 0.717) is 16.9 Å². The first-order valence-electron chi connectivity index (χ1n) is 8.68. The number of carbonyl (C=O) groups is 2. The zero-order chi connectivity index (χ0) is 19.8. The van der Waals surface area contributed by atoms with E-state index in [4.69, 9.17) is 9.84 Å². The van der Waals surface area contributed by atoms with Gasteiger partial charge in [0.1, 0.15) is 5.75 Å². The predicted octanol–water partition coefficient (Wildman–Crippen LogP) is 5.44. The maximum Gasteiger partial charge on any atom is 0.343 e. The molecule has 4 rings (SSSR count). The Morgan fingerprint density at radius 3 is 1.75 bits per heavy atom. The van der Waals surface area contributed by atoms with Gasteiger partial charge in [0, 0.05) is 5.39 Å². The van der Waals surface area contributed by atoms with Crippen LogP contribution in [0.2, 0.25) is 0 Å². The molecule has 0 spiro atoms. The summed E-state index contributed by atoms with van der Waals surface area (Å²) in [5, 5.41) is 10.4. The van der Waals surface area contributed by atoms with Crippen LogP contribution in [0.5, 0.6) is 5.75 Å². The summed E-state index contributed by atoms with van der Waals surface area (Å²) in [7, 11) is 0. The molecule has 4 heteroatoms. The van der Waals surface area contributed by atoms with Crippen LogP contribution in [0.1, 0.15) is 20.7 Å². The molecule has 0 heterocycles. The quantitative estimate of drug-likeness (QED) is 0.385. The number of carboxylic acids is 1. The molecule has 0 aromatic heterocycles. The summed E-state index contributed by atoms with van der Waals surface area (Å²) in [6.07, 6.45) is 0. The highest BCUT2D eigenvalue weighted by molar-refractivity contribution is 5.95. The Balaban J connectivity index is 0.000000211. The van der Waals surface area contributed by atoms with Gasteiger partial charge in [0.2, 0.25) is 0 Å². The summed E-state index contributed by atoms with van der Waals surface area (Å²) < 4.78 is 5.47. The molecule has 0 saturated carbocycles. The minimum absolute atomic E-state index is 0.331. The van der Waals surface area contributed by atoms with Gasteiger partial charge in [0.15, 0.2) is 0 Å². The first-order chi connectivity index (χ1) is 13.6. The van der Waals surface area contributed by atoms with E-state index in [2.05, 4.69) is 0 Å². The highest BCUT2D eigenvalue weighted by atomic mass is 16.5. The summed E-state index contributed by atoms with van der Waals surface area (Å²) in [4.78, 5) is 22.2. The van der Waals surface area contributed by atoms with E-state index in [0.717, 1.165) is 10.8 Å². The number of ether oxygens (including phenoxy) is 1. The van der Waals surface area contributed by atoms with Crippen molar-refractivity contribution in [1.82, 2.24) is 0 Å². The molecular formula is C24H18O4. The average Bonchev–Trinajstić information content (AvgIpc) is 2.76. The average molecular weight is 370 g/mol. The Hall–Kier alpha value is -3.92. The van der Waals surface area contributed by atoms with Gasteiger partial charge in [-0.05, 0) is 35.7 Å². The van der Waals surface area contributed by atoms with Gasteiger partial charge in [-0.1, -0.05) is 72.8 Å². The number of rotatable bonds is 3. The Labute approximate surface area is 162 Å². The molecule has 0 bridgehead atoms. The molecule has 4 aromatic rings. The molecule has 0 aliphatic rings. The molecule has 0 unspecified atom stereocenters. The third kappa shape index (κ3) is 4.83. The third-order valence-corrected chi connectivity index (χ3v) is 3.98. The van der Waals surface area contributed by atoms with Crippen LogP contribution in [0.3, 0.4) is 0 Å². The van der Waals surface area contributed by atoms with Gasteiger partial charge in [-0.25, -0.2) is 9.59 Å². The molecule has 138 valence electrons. The van der Waals surface area contributed by atoms with E-state index in [1.54, 1.807) is 42.5 Å². The fourth-order valence-corrected chi connectivity index (χ4v) is 2.60. The van der Waals surface area contributed by atoms with E-state index >= 15 is 0 Å². The molecule has 0 radical (unpaired) electrons. The van der Waals surface area contributed by atoms with Crippen molar-refractivity contribution in [3.8, 4) is 5.75 Å². The van der Waals surface area contributed by atoms with Crippen molar-refractivity contribution in [1.29, 1.82) is 0 Å². The zero-order valence-corrected chi connectivity index (χ0v) is 15.0. The van der Waals surface area contributed by atoms with Crippen molar-refractivity contribution in [2.45, 2.75) is 0 Å². The Morgan fingerprint density at radius 1 is 0.607 bits per heavy atom. The molecule has 1 N–H and O–H groups in total. The predicted molar refractivity (Wildman–Crippen MR) is 109 cm³/mol. The lowest BCUT2D eigenvalue weighted by Crippen LogP contribution is -2.08. The Kier molecular flexibility index (Phi) is 6.16. The van der Waals surface area contributed by atoms with Gasteiger partial charge >= 0.3 is 11.9 Å². The summed E-state index contributed by atoms with van der Waals surface area (Å²) >= 11 is 0. The molecule has 0 amide bonds. The van der Waals surface area contributed by atoms with Gasteiger partial charge in [0.05, 0.1) is 11.1 Å². The zero-order valence-electron chi connectivity index (χ0n) is 15.0. The summed E-state index contributed by atoms with van der Waals surface area (Å²) in [6.45, 7) is 0. The number of hydrogen-bond donors (Lipinski definition) is 1. The van der Waals surface area contributed by atoms with Crippen LogP contribution in [0.4, 0.5) is 0 Å². The molecule has 0 aliphatic carbocycles. The third-order valence-electron chi connectivity index (χ3n) is 3.98. The lowest BCUT2D eigenvalue weighted by Gasteiger charge is -2.07. The maximum absolute atomic E-state index is 12.0. The Morgan fingerprint density at radius 2 is 1.14 bits per heavy atom. The monoisotopic (exact) mass is 370 g/mol. The van der Waals surface area contributed by atoms with Crippen LogP contribution < -0.4 is 4.74 Å². The second-order valence-corrected chi connectivity index (χ2v) is 5.90. The number of aromatic carboxylic acids is 1. The second-order valence-electron chi connectivity index (χ2n) is 5.90. The molecular weight excluding hydrogens is 352 g/mol. The molecule has 4 aromatic carbocycles. The second kappa shape index (κ2) is 9.14. The van der Waals surface area contributed by atoms with Crippen molar-refractivity contribution < 1.29 is 19.4 Å². The Bertz CT molecular complexity index is 1070. The largest absolute Gasteiger partial charge is 0.478 e. The SMILES string of the molecule is O=C(O)c1ccccc1.O=C(Oc1cccc2ccccc12)c1ccccc1. The minimum atomic E-state index is -0.879. The van der Waals surface area contributed by atoms with E-state index in [1.807, 2.05) is 60.7 Å². The van der Waals surface area contributed by atoms with Gasteiger partial charge < -0.3 is 9.84 Å². The number of esters is 1. The van der Waals surface area contributed by atoms with Crippen molar-refractivity contribution >= 4 is 22.7 Å². The van der Waals surface area contributed by atoms with Crippen LogP contribution in [0, 0.1) is 0 Å². The van der Waals surface area contributed by atoms with Crippen LogP contribution in [-0.2, 0) is 0 Å². The van der Waals surface area contributed by atoms with Crippen LogP contribution in [0.15, 0.2) is 103 Å². The first-order valence-corrected chi connectivity index (χ1v) is 8.68. The fraction of sp³-hybridized carbons (Fsp3) is 0. The smallest absolute Gasteiger partial charge is 0.343 e. The van der Waals surface area contributed by atoms with Crippen LogP contribution >= 0.6 is 0 Å². The number of carboxylic acid groups (broad SMARTS) is 1. The number of hydrogen-bond acceptors (Lipinski definition) is 3. The van der Waals surface area contributed by atoms with Gasteiger partial charge in [-0.2, -0.15) is 0 Å². The topological polar surface area (TPSA) is 63.6 Å². The van der Waals surface area contributed by atoms with Gasteiger partial charge in [0.25, 0.3) is 0 Å². The number of benzene rings is 4. The minimum Gasteiger partial charge on any atom is -0.478 e. The van der Waals surface area contributed by atoms with E-state index in [-0.39, 0.29) is 5.97 Å². The lowest BCUT2D eigenvalue weighted by molar-refractivity contribution is 0.0694. The molecule has 0 atom stereocenters. The van der Waals surface area contributed by atoms with E-state index in [9.17, 15) is 9.59 Å². The van der Waals surface area contributed by atoms with E-state index in [1.165, 1.54) is 0 Å². The maximum atomic E-state index is 12.0. The lowest BCUT2D eigenvalue weighted by atomic mass is 10.1. The summed E-state index contributed by atoms with van der Waals surface area (Å²) in [5.41, 5.74) is 0.882. The summed E-state index contributed by atoms with van der Waals surface area (Å²) in [6, 6.07) is 30.8. The van der Waals surface area contributed by atoms with Crippen molar-refractivity contribution in [2.75, 3.05) is 0 Å². The van der Waals surface area contributed by atoms with Gasteiger partial charge in [-0.15, -0.1) is 0 Å². The highest BCUT2D eigenvalue weighted by Gasteiger charge is 2.09. The standard InChI is InChI=1S/C17H12O2.C7H6O2/c18-17(14-8-2-1-3-9-14)19-16-12-6-10-13-7-4-5-11-15(13)16;8-7(9)6-4-2-1-3-5-6/h1-12H;1-5H,(H,8,9). The van der Waals surface area contributed by atoms with Crippen LogP contribution in [-0.4, -0.2) is 17.0 Å². The number of carbonyl (C=O) groups excluding carboxylic acids is 1. The highest BCUT2D eigenvalue weighted by Crippen LogP contribution is 2.25. The van der Waals surface area contributed by atoms with Crippen molar-refractivity contribution in [3.05, 3.63) is 114 Å². The summed E-state index contributed by atoms with van der Waals surface area (Å²) in [5.74, 6) is -0.625. The first kappa shape index (κ1) is 18.9. The molecule has 4 nitrogen and oxygen atoms in total. The van der Waals surface area contributed by atoms with Crippen molar-refractivity contribution in [2.24, 2.45) is 0 Å². The molecule has 0 saturated heterocycles. The fourth-order valence-electron chi connectivity index (χ4n) is 2.60. The molecule has 0 aliphatic heterocycles. The van der Waals surface area contributed by atoms with Crippen molar-refractivity contribution in [3.63, 3.8) is 0 Å². The molecule has 0 fully saturated rings. The molecule has 28 heavy (non-hydrogen) atoms. The van der Waals surface area contributed by atoms with Crippen LogP contribution in [0.25, 0.3) is 10.8 Å². The number of fused-ring (bicyclic) bond motifs is 1. The van der Waals surface area contributed by atoms with E-state index < -0.39 is 5.97 Å². The van der Waals surface area contributed by atoms with Gasteiger partial charge in [-0.3, -0.25) is 0 Å². The normalized spacial score (nSPS) is 9.86.